The van der Waals surface area contributed by atoms with Crippen molar-refractivity contribution in [2.45, 2.75) is 33.4 Å². The highest BCUT2D eigenvalue weighted by Crippen LogP contribution is 2.27. The van der Waals surface area contributed by atoms with E-state index in [9.17, 15) is 4.79 Å². The standard InChI is InChI=1S/C21H28N2O3/c1-6-23(15(2)3)18-10-8-17(9-11-18)21(24)22-14-16-7-12-19(25-4)20(13-16)26-5/h7-13,15H,6,14H2,1-5H3,(H,22,24). The van der Waals surface area contributed by atoms with Gasteiger partial charge in [0.25, 0.3) is 5.91 Å². The number of hydrogen-bond acceptors (Lipinski definition) is 4. The molecule has 2 aromatic carbocycles. The number of methoxy groups -OCH3 is 2. The summed E-state index contributed by atoms with van der Waals surface area (Å²) in [7, 11) is 3.19. The number of benzene rings is 2. The first-order valence-electron chi connectivity index (χ1n) is 8.86. The molecule has 0 aliphatic rings. The number of nitrogens with one attached hydrogen (secondary N) is 1. The maximum atomic E-state index is 12.4. The molecule has 5 nitrogen and oxygen atoms in total. The van der Waals surface area contributed by atoms with Crippen molar-refractivity contribution in [2.75, 3.05) is 25.7 Å². The van der Waals surface area contributed by atoms with E-state index in [1.807, 2.05) is 42.5 Å². The Labute approximate surface area is 155 Å². The van der Waals surface area contributed by atoms with Crippen LogP contribution in [-0.4, -0.2) is 32.7 Å². The summed E-state index contributed by atoms with van der Waals surface area (Å²) in [6, 6.07) is 13.7. The number of carbonyl (C=O) groups is 1. The van der Waals surface area contributed by atoms with Gasteiger partial charge in [0.15, 0.2) is 11.5 Å². The van der Waals surface area contributed by atoms with Crippen LogP contribution in [0.1, 0.15) is 36.7 Å². The molecular formula is C21H28N2O3. The fourth-order valence-electron chi connectivity index (χ4n) is 2.93. The van der Waals surface area contributed by atoms with Gasteiger partial charge in [0, 0.05) is 30.4 Å². The normalized spacial score (nSPS) is 10.5. The zero-order valence-corrected chi connectivity index (χ0v) is 16.2. The predicted octanol–water partition coefficient (Wildman–Crippen LogP) is 3.87. The fraction of sp³-hybridized carbons (Fsp3) is 0.381. The Balaban J connectivity index is 2.02. The lowest BCUT2D eigenvalue weighted by Crippen LogP contribution is -2.30. The second-order valence-electron chi connectivity index (χ2n) is 6.30. The van der Waals surface area contributed by atoms with E-state index in [4.69, 9.17) is 9.47 Å². The maximum Gasteiger partial charge on any atom is 0.251 e. The average molecular weight is 356 g/mol. The minimum Gasteiger partial charge on any atom is -0.493 e. The van der Waals surface area contributed by atoms with Crippen LogP contribution in [-0.2, 0) is 6.54 Å². The van der Waals surface area contributed by atoms with Crippen LogP contribution in [0.4, 0.5) is 5.69 Å². The Morgan fingerprint density at radius 3 is 2.23 bits per heavy atom. The molecule has 0 fully saturated rings. The van der Waals surface area contributed by atoms with Crippen LogP contribution in [0.25, 0.3) is 0 Å². The lowest BCUT2D eigenvalue weighted by atomic mass is 10.1. The Morgan fingerprint density at radius 2 is 1.69 bits per heavy atom. The molecule has 26 heavy (non-hydrogen) atoms. The van der Waals surface area contributed by atoms with E-state index in [-0.39, 0.29) is 5.91 Å². The van der Waals surface area contributed by atoms with Crippen molar-refractivity contribution in [1.29, 1.82) is 0 Å². The number of ether oxygens (including phenoxy) is 2. The van der Waals surface area contributed by atoms with Crippen molar-refractivity contribution in [1.82, 2.24) is 5.32 Å². The molecular weight excluding hydrogens is 328 g/mol. The summed E-state index contributed by atoms with van der Waals surface area (Å²) >= 11 is 0. The average Bonchev–Trinajstić information content (AvgIpc) is 2.66. The van der Waals surface area contributed by atoms with Gasteiger partial charge in [-0.2, -0.15) is 0 Å². The summed E-state index contributed by atoms with van der Waals surface area (Å²) in [5, 5.41) is 2.94. The predicted molar refractivity (Wildman–Crippen MR) is 105 cm³/mol. The van der Waals surface area contributed by atoms with Gasteiger partial charge in [0.2, 0.25) is 0 Å². The molecule has 0 atom stereocenters. The van der Waals surface area contributed by atoms with E-state index in [0.29, 0.717) is 29.6 Å². The van der Waals surface area contributed by atoms with Crippen molar-refractivity contribution in [3.63, 3.8) is 0 Å². The molecule has 2 rings (SSSR count). The molecule has 0 saturated carbocycles. The molecule has 0 bridgehead atoms. The molecule has 140 valence electrons. The second-order valence-corrected chi connectivity index (χ2v) is 6.30. The van der Waals surface area contributed by atoms with Crippen LogP contribution in [0.2, 0.25) is 0 Å². The van der Waals surface area contributed by atoms with Crippen LogP contribution in [0.3, 0.4) is 0 Å². The molecule has 0 radical (unpaired) electrons. The van der Waals surface area contributed by atoms with Gasteiger partial charge in [-0.1, -0.05) is 6.07 Å². The summed E-state index contributed by atoms with van der Waals surface area (Å²) in [4.78, 5) is 14.7. The Kier molecular flexibility index (Phi) is 6.89. The van der Waals surface area contributed by atoms with Crippen molar-refractivity contribution >= 4 is 11.6 Å². The van der Waals surface area contributed by atoms with Gasteiger partial charge in [0.1, 0.15) is 0 Å². The third-order valence-electron chi connectivity index (χ3n) is 4.33. The van der Waals surface area contributed by atoms with Crippen molar-refractivity contribution in [2.24, 2.45) is 0 Å². The summed E-state index contributed by atoms with van der Waals surface area (Å²) in [5.41, 5.74) is 2.72. The van der Waals surface area contributed by atoms with Gasteiger partial charge in [-0.3, -0.25) is 4.79 Å². The van der Waals surface area contributed by atoms with E-state index in [2.05, 4.69) is 31.0 Å². The van der Waals surface area contributed by atoms with Crippen LogP contribution in [0.5, 0.6) is 11.5 Å². The second kappa shape index (κ2) is 9.13. The minimum atomic E-state index is -0.0982. The van der Waals surface area contributed by atoms with Crippen LogP contribution < -0.4 is 19.7 Å². The topological polar surface area (TPSA) is 50.8 Å². The van der Waals surface area contributed by atoms with Crippen molar-refractivity contribution in [3.05, 3.63) is 53.6 Å². The quantitative estimate of drug-likeness (QED) is 0.780. The van der Waals surface area contributed by atoms with E-state index >= 15 is 0 Å². The van der Waals surface area contributed by atoms with E-state index in [0.717, 1.165) is 17.8 Å². The molecule has 0 unspecified atom stereocenters. The summed E-state index contributed by atoms with van der Waals surface area (Å²) < 4.78 is 10.5. The van der Waals surface area contributed by atoms with Gasteiger partial charge in [0.05, 0.1) is 14.2 Å². The lowest BCUT2D eigenvalue weighted by molar-refractivity contribution is 0.0951. The highest BCUT2D eigenvalue weighted by molar-refractivity contribution is 5.94. The monoisotopic (exact) mass is 356 g/mol. The molecule has 2 aromatic rings. The molecule has 1 amide bonds. The third-order valence-corrected chi connectivity index (χ3v) is 4.33. The first kappa shape index (κ1) is 19.6. The van der Waals surface area contributed by atoms with E-state index in [1.54, 1.807) is 14.2 Å². The molecule has 0 saturated heterocycles. The number of anilines is 1. The fourth-order valence-corrected chi connectivity index (χ4v) is 2.93. The highest BCUT2D eigenvalue weighted by Gasteiger charge is 2.11. The summed E-state index contributed by atoms with van der Waals surface area (Å²) in [6.07, 6.45) is 0. The first-order chi connectivity index (χ1) is 12.5. The molecule has 1 N–H and O–H groups in total. The van der Waals surface area contributed by atoms with E-state index in [1.165, 1.54) is 0 Å². The lowest BCUT2D eigenvalue weighted by Gasteiger charge is -2.27. The number of nitrogens with zero attached hydrogens (tertiary/aromatic N) is 1. The Morgan fingerprint density at radius 1 is 1.04 bits per heavy atom. The molecule has 0 spiro atoms. The number of amides is 1. The van der Waals surface area contributed by atoms with Crippen LogP contribution in [0.15, 0.2) is 42.5 Å². The van der Waals surface area contributed by atoms with Crippen molar-refractivity contribution in [3.8, 4) is 11.5 Å². The third kappa shape index (κ3) is 4.69. The molecule has 0 aliphatic heterocycles. The van der Waals surface area contributed by atoms with Crippen LogP contribution in [0, 0.1) is 0 Å². The van der Waals surface area contributed by atoms with Crippen molar-refractivity contribution < 1.29 is 14.3 Å². The summed E-state index contributed by atoms with van der Waals surface area (Å²) in [5.74, 6) is 1.22. The van der Waals surface area contributed by atoms with Gasteiger partial charge >= 0.3 is 0 Å². The zero-order chi connectivity index (χ0) is 19.1. The molecule has 0 aliphatic carbocycles. The van der Waals surface area contributed by atoms with E-state index < -0.39 is 0 Å². The molecule has 5 heteroatoms. The highest BCUT2D eigenvalue weighted by atomic mass is 16.5. The first-order valence-corrected chi connectivity index (χ1v) is 8.86. The summed E-state index contributed by atoms with van der Waals surface area (Å²) in [6.45, 7) is 7.81. The minimum absolute atomic E-state index is 0.0982. The number of rotatable bonds is 8. The smallest absolute Gasteiger partial charge is 0.251 e. The SMILES string of the molecule is CCN(c1ccc(C(=O)NCc2ccc(OC)c(OC)c2)cc1)C(C)C. The van der Waals surface area contributed by atoms with Gasteiger partial charge < -0.3 is 19.7 Å². The Hall–Kier alpha value is -2.69. The zero-order valence-electron chi connectivity index (χ0n) is 16.2. The number of hydrogen-bond donors (Lipinski definition) is 1. The van der Waals surface area contributed by atoms with Crippen LogP contribution >= 0.6 is 0 Å². The molecule has 0 aromatic heterocycles. The largest absolute Gasteiger partial charge is 0.493 e. The number of carbonyl (C=O) groups excluding carboxylic acids is 1. The molecule has 0 heterocycles. The van der Waals surface area contributed by atoms with Gasteiger partial charge in [-0.05, 0) is 62.7 Å². The maximum absolute atomic E-state index is 12.4. The van der Waals surface area contributed by atoms with Gasteiger partial charge in [-0.15, -0.1) is 0 Å². The van der Waals surface area contributed by atoms with Gasteiger partial charge in [-0.25, -0.2) is 0 Å². The Bertz CT molecular complexity index is 727.